The van der Waals surface area contributed by atoms with Crippen LogP contribution in [-0.4, -0.2) is 28.9 Å². The number of aromatic nitrogens is 3. The molecule has 3 rings (SSSR count). The minimum Gasteiger partial charge on any atom is -0.363 e. The molecule has 0 atom stereocenters. The lowest BCUT2D eigenvalue weighted by Crippen LogP contribution is -2.19. The first kappa shape index (κ1) is 16.6. The van der Waals surface area contributed by atoms with Crippen molar-refractivity contribution >= 4 is 16.7 Å². The van der Waals surface area contributed by atoms with E-state index in [1.54, 1.807) is 0 Å². The molecule has 5 heteroatoms. The molecule has 128 valence electrons. The van der Waals surface area contributed by atoms with Crippen LogP contribution in [0.5, 0.6) is 0 Å². The molecular weight excluding hydrogens is 298 g/mol. The van der Waals surface area contributed by atoms with E-state index in [1.165, 1.54) is 33.7 Å². The van der Waals surface area contributed by atoms with Crippen LogP contribution in [0.15, 0.2) is 30.3 Å². The molecule has 0 amide bonds. The number of para-hydroxylation sites is 1. The van der Waals surface area contributed by atoms with Crippen molar-refractivity contribution in [2.75, 3.05) is 19.0 Å². The summed E-state index contributed by atoms with van der Waals surface area (Å²) in [5.41, 5.74) is 4.85. The predicted octanol–water partition coefficient (Wildman–Crippen LogP) is 3.38. The Morgan fingerprint density at radius 2 is 1.96 bits per heavy atom. The van der Waals surface area contributed by atoms with Crippen molar-refractivity contribution in [1.82, 2.24) is 20.1 Å². The fourth-order valence-electron chi connectivity index (χ4n) is 3.32. The second-order valence-electron chi connectivity index (χ2n) is 6.85. The van der Waals surface area contributed by atoms with Crippen molar-refractivity contribution in [2.24, 2.45) is 7.05 Å². The summed E-state index contributed by atoms with van der Waals surface area (Å²) < 4.78 is 1.98. The third kappa shape index (κ3) is 3.17. The molecule has 0 aliphatic carbocycles. The molecule has 0 fully saturated rings. The van der Waals surface area contributed by atoms with E-state index in [2.05, 4.69) is 73.5 Å². The fraction of sp³-hybridized carbons (Fsp3) is 0.421. The zero-order valence-electron chi connectivity index (χ0n) is 15.2. The second kappa shape index (κ2) is 6.69. The van der Waals surface area contributed by atoms with Gasteiger partial charge in [0.2, 0.25) is 0 Å². The number of anilines is 1. The van der Waals surface area contributed by atoms with E-state index in [-0.39, 0.29) is 0 Å². The van der Waals surface area contributed by atoms with Gasteiger partial charge in [0.05, 0.1) is 5.69 Å². The first-order chi connectivity index (χ1) is 11.5. The number of aryl methyl sites for hydroxylation is 1. The molecule has 0 saturated carbocycles. The molecule has 0 bridgehead atoms. The molecule has 0 aliphatic heterocycles. The first-order valence-corrected chi connectivity index (χ1v) is 8.47. The molecule has 2 N–H and O–H groups in total. The highest BCUT2D eigenvalue weighted by molar-refractivity contribution is 5.80. The maximum absolute atomic E-state index is 4.72. The number of nitrogens with zero attached hydrogens (tertiary/aromatic N) is 3. The fourth-order valence-corrected chi connectivity index (χ4v) is 3.32. The minimum absolute atomic E-state index is 0.412. The van der Waals surface area contributed by atoms with E-state index in [0.717, 1.165) is 13.1 Å². The highest BCUT2D eigenvalue weighted by Crippen LogP contribution is 2.27. The summed E-state index contributed by atoms with van der Waals surface area (Å²) in [5.74, 6) is 1.58. The van der Waals surface area contributed by atoms with E-state index in [1.807, 2.05) is 11.7 Å². The van der Waals surface area contributed by atoms with Crippen molar-refractivity contribution in [1.29, 1.82) is 0 Å². The quantitative estimate of drug-likeness (QED) is 0.730. The number of rotatable bonds is 6. The number of fused-ring (bicyclic) bond motifs is 1. The Labute approximate surface area is 143 Å². The highest BCUT2D eigenvalue weighted by atomic mass is 15.4. The third-order valence-electron chi connectivity index (χ3n) is 4.32. The van der Waals surface area contributed by atoms with Crippen LogP contribution in [0.4, 0.5) is 5.82 Å². The van der Waals surface area contributed by atoms with Gasteiger partial charge in [0.1, 0.15) is 5.82 Å². The van der Waals surface area contributed by atoms with Gasteiger partial charge in [0, 0.05) is 51.0 Å². The Bertz CT molecular complexity index is 793. The van der Waals surface area contributed by atoms with Crippen LogP contribution in [-0.2, 0) is 20.1 Å². The summed E-state index contributed by atoms with van der Waals surface area (Å²) in [6, 6.07) is 10.6. The maximum Gasteiger partial charge on any atom is 0.130 e. The summed E-state index contributed by atoms with van der Waals surface area (Å²) in [4.78, 5) is 5.61. The van der Waals surface area contributed by atoms with Crippen molar-refractivity contribution in [3.05, 3.63) is 47.3 Å². The van der Waals surface area contributed by atoms with E-state index in [4.69, 9.17) is 5.10 Å². The standard InChI is InChI=1S/C19H27N5/c1-13(2)18-16(19(23(3)4)24(5)22-18)12-20-11-15-10-14-8-6-7-9-17(14)21-15/h6-10,13,20-21H,11-12H2,1-5H3. The van der Waals surface area contributed by atoms with E-state index in [0.29, 0.717) is 5.92 Å². The highest BCUT2D eigenvalue weighted by Gasteiger charge is 2.19. The van der Waals surface area contributed by atoms with Gasteiger partial charge in [-0.15, -0.1) is 0 Å². The third-order valence-corrected chi connectivity index (χ3v) is 4.32. The van der Waals surface area contributed by atoms with Gasteiger partial charge in [-0.2, -0.15) is 5.10 Å². The lowest BCUT2D eigenvalue weighted by molar-refractivity contribution is 0.670. The van der Waals surface area contributed by atoms with Crippen LogP contribution in [0.3, 0.4) is 0 Å². The molecular formula is C19H27N5. The normalized spacial score (nSPS) is 11.6. The molecule has 24 heavy (non-hydrogen) atoms. The van der Waals surface area contributed by atoms with E-state index < -0.39 is 0 Å². The molecule has 0 saturated heterocycles. The van der Waals surface area contributed by atoms with Gasteiger partial charge in [-0.1, -0.05) is 32.0 Å². The molecule has 1 aromatic carbocycles. The lowest BCUT2D eigenvalue weighted by Gasteiger charge is -2.16. The summed E-state index contributed by atoms with van der Waals surface area (Å²) in [6.07, 6.45) is 0. The Kier molecular flexibility index (Phi) is 4.62. The Hall–Kier alpha value is -2.27. The monoisotopic (exact) mass is 325 g/mol. The van der Waals surface area contributed by atoms with Crippen LogP contribution in [0.1, 0.15) is 36.7 Å². The number of aromatic amines is 1. The van der Waals surface area contributed by atoms with Crippen LogP contribution in [0.25, 0.3) is 10.9 Å². The average molecular weight is 325 g/mol. The lowest BCUT2D eigenvalue weighted by atomic mass is 10.1. The van der Waals surface area contributed by atoms with Gasteiger partial charge in [-0.05, 0) is 23.4 Å². The van der Waals surface area contributed by atoms with Crippen LogP contribution in [0.2, 0.25) is 0 Å². The summed E-state index contributed by atoms with van der Waals surface area (Å²) >= 11 is 0. The minimum atomic E-state index is 0.412. The van der Waals surface area contributed by atoms with Gasteiger partial charge >= 0.3 is 0 Å². The molecule has 0 aliphatic rings. The molecule has 3 aromatic rings. The predicted molar refractivity (Wildman–Crippen MR) is 100 cm³/mol. The Morgan fingerprint density at radius 3 is 2.62 bits per heavy atom. The average Bonchev–Trinajstić information content (AvgIpc) is 3.07. The SMILES string of the molecule is CC(C)c1nn(C)c(N(C)C)c1CNCc1cc2ccccc2[nH]1. The second-order valence-corrected chi connectivity index (χ2v) is 6.85. The number of H-pyrrole nitrogens is 1. The van der Waals surface area contributed by atoms with Crippen LogP contribution >= 0.6 is 0 Å². The number of hydrogen-bond acceptors (Lipinski definition) is 3. The molecule has 5 nitrogen and oxygen atoms in total. The zero-order valence-corrected chi connectivity index (χ0v) is 15.2. The van der Waals surface area contributed by atoms with Crippen LogP contribution in [0, 0.1) is 0 Å². The first-order valence-electron chi connectivity index (χ1n) is 8.47. The number of nitrogens with one attached hydrogen (secondary N) is 2. The summed E-state index contributed by atoms with van der Waals surface area (Å²) in [7, 11) is 6.16. The van der Waals surface area contributed by atoms with Gasteiger partial charge in [-0.3, -0.25) is 4.68 Å². The van der Waals surface area contributed by atoms with Crippen molar-refractivity contribution < 1.29 is 0 Å². The number of benzene rings is 1. The van der Waals surface area contributed by atoms with Crippen molar-refractivity contribution in [3.8, 4) is 0 Å². The molecule has 2 aromatic heterocycles. The van der Waals surface area contributed by atoms with Gasteiger partial charge < -0.3 is 15.2 Å². The zero-order chi connectivity index (χ0) is 17.3. The van der Waals surface area contributed by atoms with Gasteiger partial charge in [-0.25, -0.2) is 0 Å². The molecule has 2 heterocycles. The van der Waals surface area contributed by atoms with E-state index >= 15 is 0 Å². The molecule has 0 radical (unpaired) electrons. The molecule has 0 unspecified atom stereocenters. The van der Waals surface area contributed by atoms with Crippen molar-refractivity contribution in [2.45, 2.75) is 32.9 Å². The maximum atomic E-state index is 4.72. The summed E-state index contributed by atoms with van der Waals surface area (Å²) in [5, 5.41) is 9.55. The van der Waals surface area contributed by atoms with Gasteiger partial charge in [0.15, 0.2) is 0 Å². The molecule has 0 spiro atoms. The topological polar surface area (TPSA) is 48.9 Å². The van der Waals surface area contributed by atoms with Crippen molar-refractivity contribution in [3.63, 3.8) is 0 Å². The Balaban J connectivity index is 1.76. The van der Waals surface area contributed by atoms with E-state index in [9.17, 15) is 0 Å². The van der Waals surface area contributed by atoms with Gasteiger partial charge in [0.25, 0.3) is 0 Å². The smallest absolute Gasteiger partial charge is 0.130 e. The number of hydrogen-bond donors (Lipinski definition) is 2. The largest absolute Gasteiger partial charge is 0.363 e. The Morgan fingerprint density at radius 1 is 1.21 bits per heavy atom. The summed E-state index contributed by atoms with van der Waals surface area (Å²) in [6.45, 7) is 6.02. The van der Waals surface area contributed by atoms with Crippen LogP contribution < -0.4 is 10.2 Å².